The lowest BCUT2D eigenvalue weighted by atomic mass is 10.0. The van der Waals surface area contributed by atoms with E-state index in [-0.39, 0.29) is 12.8 Å². The zero-order chi connectivity index (χ0) is 26.4. The van der Waals surface area contributed by atoms with Gasteiger partial charge in [0.1, 0.15) is 0 Å². The number of esters is 1. The van der Waals surface area contributed by atoms with Crippen LogP contribution in [0, 0.1) is 0 Å². The lowest BCUT2D eigenvalue weighted by Crippen LogP contribution is -2.10. The Morgan fingerprint density at radius 3 is 1.25 bits per heavy atom. The second-order valence-corrected chi connectivity index (χ2v) is 10.7. The highest BCUT2D eigenvalue weighted by atomic mass is 16.7. The number of carbonyl (C=O) groups excluding carboxylic acids is 1. The summed E-state index contributed by atoms with van der Waals surface area (Å²) < 4.78 is 10.1. The van der Waals surface area contributed by atoms with Crippen molar-refractivity contribution >= 4 is 5.97 Å². The van der Waals surface area contributed by atoms with E-state index in [0.717, 1.165) is 12.8 Å². The molecule has 0 aromatic rings. The van der Waals surface area contributed by atoms with E-state index in [1.807, 2.05) is 0 Å². The van der Waals surface area contributed by atoms with Gasteiger partial charge in [-0.2, -0.15) is 0 Å². The van der Waals surface area contributed by atoms with Crippen LogP contribution in [0.3, 0.4) is 0 Å². The molecule has 0 saturated carbocycles. The summed E-state index contributed by atoms with van der Waals surface area (Å²) in [5.74, 6) is -0.340. The average molecular weight is 507 g/mol. The predicted molar refractivity (Wildman–Crippen MR) is 157 cm³/mol. The van der Waals surface area contributed by atoms with Crippen LogP contribution in [-0.4, -0.2) is 19.4 Å². The number of carbonyl (C=O) groups is 1. The second kappa shape index (κ2) is 30.1. The van der Waals surface area contributed by atoms with Gasteiger partial charge in [0.25, 0.3) is 0 Å². The van der Waals surface area contributed by atoms with Crippen LogP contribution < -0.4 is 0 Å². The van der Waals surface area contributed by atoms with Crippen LogP contribution >= 0.6 is 0 Å². The maximum absolute atomic E-state index is 11.7. The zero-order valence-electron chi connectivity index (χ0n) is 24.3. The van der Waals surface area contributed by atoms with Crippen molar-refractivity contribution in [3.63, 3.8) is 0 Å². The van der Waals surface area contributed by atoms with Crippen molar-refractivity contribution in [2.75, 3.05) is 13.4 Å². The van der Waals surface area contributed by atoms with E-state index in [1.54, 1.807) is 6.08 Å². The maximum Gasteiger partial charge on any atom is 0.335 e. The quantitative estimate of drug-likeness (QED) is 0.0319. The molecular weight excluding hydrogens is 444 g/mol. The molecule has 0 amide bonds. The van der Waals surface area contributed by atoms with E-state index in [9.17, 15) is 4.79 Å². The first-order valence-corrected chi connectivity index (χ1v) is 15.8. The molecule has 0 fully saturated rings. The average Bonchev–Trinajstić information content (AvgIpc) is 2.88. The van der Waals surface area contributed by atoms with Gasteiger partial charge in [-0.25, -0.2) is 4.79 Å². The highest BCUT2D eigenvalue weighted by molar-refractivity contribution is 5.87. The van der Waals surface area contributed by atoms with Crippen molar-refractivity contribution in [1.82, 2.24) is 0 Å². The Bertz CT molecular complexity index is 485. The Morgan fingerprint density at radius 2 is 0.917 bits per heavy atom. The van der Waals surface area contributed by atoms with Crippen molar-refractivity contribution in [3.05, 3.63) is 24.8 Å². The summed E-state index contributed by atoms with van der Waals surface area (Å²) in [7, 11) is 0. The second-order valence-electron chi connectivity index (χ2n) is 10.7. The van der Waals surface area contributed by atoms with Crippen molar-refractivity contribution in [2.45, 2.75) is 167 Å². The van der Waals surface area contributed by atoms with Crippen molar-refractivity contribution in [1.29, 1.82) is 0 Å². The molecule has 0 aliphatic rings. The molecule has 0 rings (SSSR count). The molecule has 0 N–H and O–H groups in total. The summed E-state index contributed by atoms with van der Waals surface area (Å²) in [5, 5.41) is 0. The van der Waals surface area contributed by atoms with Gasteiger partial charge in [0.2, 0.25) is 0 Å². The zero-order valence-corrected chi connectivity index (χ0v) is 24.3. The smallest absolute Gasteiger partial charge is 0.335 e. The Morgan fingerprint density at radius 1 is 0.583 bits per heavy atom. The van der Waals surface area contributed by atoms with Gasteiger partial charge in [-0.1, -0.05) is 167 Å². The summed E-state index contributed by atoms with van der Waals surface area (Å²) in [6.07, 6.45) is 35.8. The van der Waals surface area contributed by atoms with Gasteiger partial charge in [0.15, 0.2) is 6.79 Å². The number of hydrogen-bond donors (Lipinski definition) is 0. The Balaban J connectivity index is 3.17. The van der Waals surface area contributed by atoms with Crippen LogP contribution in [0.4, 0.5) is 0 Å². The van der Waals surface area contributed by atoms with Crippen LogP contribution in [-0.2, 0) is 14.3 Å². The largest absolute Gasteiger partial charge is 0.435 e. The lowest BCUT2D eigenvalue weighted by molar-refractivity contribution is -0.150. The van der Waals surface area contributed by atoms with Gasteiger partial charge in [-0.05, 0) is 12.8 Å². The molecular formula is C33H62O3. The van der Waals surface area contributed by atoms with Gasteiger partial charge >= 0.3 is 5.97 Å². The fourth-order valence-electron chi connectivity index (χ4n) is 4.73. The molecule has 3 nitrogen and oxygen atoms in total. The van der Waals surface area contributed by atoms with Crippen LogP contribution in [0.25, 0.3) is 0 Å². The molecule has 0 radical (unpaired) electrons. The Hall–Kier alpha value is -1.09. The van der Waals surface area contributed by atoms with Gasteiger partial charge in [0.05, 0.1) is 6.61 Å². The summed E-state index contributed by atoms with van der Waals surface area (Å²) in [5.41, 5.74) is 0.552. The normalized spacial score (nSPS) is 11.0. The molecule has 0 aliphatic carbocycles. The minimum atomic E-state index is -0.340. The first kappa shape index (κ1) is 34.9. The maximum atomic E-state index is 11.7. The molecule has 3 heteroatoms. The number of hydrogen-bond acceptors (Lipinski definition) is 3. The minimum absolute atomic E-state index is 0.0245. The SMILES string of the molecule is C=CCOCOC(=O)C(=C)CCCCCCCCCCCCCCCCCCCCCCCCCC. The van der Waals surface area contributed by atoms with Gasteiger partial charge in [-0.3, -0.25) is 0 Å². The van der Waals surface area contributed by atoms with E-state index < -0.39 is 0 Å². The first-order valence-electron chi connectivity index (χ1n) is 15.8. The predicted octanol–water partition coefficient (Wildman–Crippen LogP) is 11.0. The van der Waals surface area contributed by atoms with E-state index in [0.29, 0.717) is 12.2 Å². The molecule has 0 aliphatic heterocycles. The Labute approximate surface area is 225 Å². The lowest BCUT2D eigenvalue weighted by Gasteiger charge is -2.07. The molecule has 0 bridgehead atoms. The number of ether oxygens (including phenoxy) is 2. The fraction of sp³-hybridized carbons (Fsp3) is 0.848. The van der Waals surface area contributed by atoms with Gasteiger partial charge in [-0.15, -0.1) is 6.58 Å². The monoisotopic (exact) mass is 506 g/mol. The molecule has 0 unspecified atom stereocenters. The first-order chi connectivity index (χ1) is 17.7. The third kappa shape index (κ3) is 27.5. The summed E-state index contributed by atoms with van der Waals surface area (Å²) in [4.78, 5) is 11.7. The van der Waals surface area contributed by atoms with Gasteiger partial charge in [0, 0.05) is 5.57 Å². The minimum Gasteiger partial charge on any atom is -0.435 e. The van der Waals surface area contributed by atoms with Crippen LogP contribution in [0.15, 0.2) is 24.8 Å². The molecule has 0 spiro atoms. The summed E-state index contributed by atoms with van der Waals surface area (Å²) >= 11 is 0. The molecule has 212 valence electrons. The fourth-order valence-corrected chi connectivity index (χ4v) is 4.73. The molecule has 0 aromatic heterocycles. The third-order valence-electron chi connectivity index (χ3n) is 7.13. The highest BCUT2D eigenvalue weighted by Crippen LogP contribution is 2.16. The highest BCUT2D eigenvalue weighted by Gasteiger charge is 2.07. The molecule has 0 aromatic carbocycles. The van der Waals surface area contributed by atoms with E-state index in [4.69, 9.17) is 9.47 Å². The van der Waals surface area contributed by atoms with E-state index >= 15 is 0 Å². The third-order valence-corrected chi connectivity index (χ3v) is 7.13. The van der Waals surface area contributed by atoms with Gasteiger partial charge < -0.3 is 9.47 Å². The van der Waals surface area contributed by atoms with Crippen LogP contribution in [0.2, 0.25) is 0 Å². The van der Waals surface area contributed by atoms with Crippen molar-refractivity contribution in [3.8, 4) is 0 Å². The number of unbranched alkanes of at least 4 members (excludes halogenated alkanes) is 23. The van der Waals surface area contributed by atoms with Crippen LogP contribution in [0.5, 0.6) is 0 Å². The molecule has 0 saturated heterocycles. The summed E-state index contributed by atoms with van der Waals surface area (Å²) in [6.45, 7) is 10.0. The molecule has 0 heterocycles. The summed E-state index contributed by atoms with van der Waals surface area (Å²) in [6, 6.07) is 0. The molecule has 36 heavy (non-hydrogen) atoms. The van der Waals surface area contributed by atoms with Crippen molar-refractivity contribution in [2.24, 2.45) is 0 Å². The Kier molecular flexibility index (Phi) is 29.2. The van der Waals surface area contributed by atoms with Crippen molar-refractivity contribution < 1.29 is 14.3 Å². The van der Waals surface area contributed by atoms with Crippen LogP contribution in [0.1, 0.15) is 167 Å². The van der Waals surface area contributed by atoms with E-state index in [2.05, 4.69) is 20.1 Å². The number of rotatable bonds is 30. The topological polar surface area (TPSA) is 35.5 Å². The standard InChI is InChI=1S/C33H62O3/c1-4-6-7-8-9-10-11-12-13-14-15-16-17-18-19-20-21-22-23-24-25-26-27-28-29-32(3)33(34)36-31-35-30-5-2/h5H,2-4,6-31H2,1H3. The van der Waals surface area contributed by atoms with E-state index in [1.165, 1.54) is 148 Å². The molecule has 0 atom stereocenters.